The van der Waals surface area contributed by atoms with Crippen molar-refractivity contribution < 1.29 is 13.3 Å². The Morgan fingerprint density at radius 3 is 1.02 bits per heavy atom. The van der Waals surface area contributed by atoms with E-state index in [1.165, 1.54) is 16.7 Å². The van der Waals surface area contributed by atoms with Crippen LogP contribution in [-0.4, -0.2) is 29.9 Å². The molecule has 0 unspecified atom stereocenters. The maximum atomic E-state index is 6.30. The molecule has 0 radical (unpaired) electrons. The lowest BCUT2D eigenvalue weighted by molar-refractivity contribution is 0.669. The van der Waals surface area contributed by atoms with Crippen molar-refractivity contribution >= 4 is 98.8 Å². The smallest absolute Gasteiger partial charge is 0.160 e. The highest BCUT2D eigenvalue weighted by Crippen LogP contribution is 2.43. The number of furan rings is 3. The first-order valence-corrected chi connectivity index (χ1v) is 41.3. The van der Waals surface area contributed by atoms with Crippen LogP contribution in [0.2, 0.25) is 0 Å². The lowest BCUT2D eigenvalue weighted by atomic mass is 9.97. The Bertz CT molecular complexity index is 8080. The van der Waals surface area contributed by atoms with Crippen LogP contribution < -0.4 is 0 Å². The Labute approximate surface area is 708 Å². The molecule has 0 atom stereocenters. The largest absolute Gasteiger partial charge is 0.456 e. The van der Waals surface area contributed by atoms with Gasteiger partial charge >= 0.3 is 0 Å². The topological polar surface area (TPSA) is 117 Å². The van der Waals surface area contributed by atoms with Gasteiger partial charge in [-0.3, -0.25) is 0 Å². The van der Waals surface area contributed by atoms with Gasteiger partial charge < -0.3 is 13.3 Å². The maximum absolute atomic E-state index is 6.30. The molecular weight excluding hydrogens is 1500 g/mol. The molecule has 123 heavy (non-hydrogen) atoms. The standard InChI is InChI=1S/3C38H24N2O/c1-3-11-27(12-4-1)35-36(28-13-5-2-6-14-28)40-37-29(16-10-19-33(37)39-35)25-21-23-26(24-22-25)30-17-9-18-32-31-15-7-8-20-34(31)41-38(30)32;1-3-10-27(11-4-1)36-33-24-29(22-23-34(33)39-38(40-36)28-12-5-2-6-13-28)25-18-20-26(21-19-25)30-15-9-16-32-31-14-7-8-17-35(31)41-37(30)32;1-2-9-25(10-3-1)28-11-8-12-29(23-28)26-17-19-27(20-18-26)37-38(40-34-15-6-5-14-33(34)39-37)30-21-22-32-31-13-4-7-16-35(31)41-36(32)24-30/h3*1-24H. The molecule has 0 spiro atoms. The number of benzene rings is 18. The van der Waals surface area contributed by atoms with Gasteiger partial charge in [0.1, 0.15) is 33.5 Å². The van der Waals surface area contributed by atoms with Crippen LogP contribution >= 0.6 is 0 Å². The fourth-order valence-corrected chi connectivity index (χ4v) is 17.0. The van der Waals surface area contributed by atoms with Crippen molar-refractivity contribution in [3.63, 3.8) is 0 Å². The molecule has 24 aromatic rings. The Balaban J connectivity index is 0.000000110. The number of hydrogen-bond acceptors (Lipinski definition) is 9. The van der Waals surface area contributed by atoms with Crippen LogP contribution in [-0.2, 0) is 0 Å². The molecule has 0 amide bonds. The molecule has 18 aromatic carbocycles. The zero-order chi connectivity index (χ0) is 81.5. The molecule has 0 aliphatic rings. The molecule has 0 aliphatic carbocycles. The molecule has 0 saturated heterocycles. The third kappa shape index (κ3) is 14.0. The minimum Gasteiger partial charge on any atom is -0.456 e. The van der Waals surface area contributed by atoms with Crippen molar-refractivity contribution in [1.29, 1.82) is 0 Å². The predicted molar refractivity (Wildman–Crippen MR) is 506 cm³/mol. The van der Waals surface area contributed by atoms with E-state index in [-0.39, 0.29) is 0 Å². The summed E-state index contributed by atoms with van der Waals surface area (Å²) in [6.45, 7) is 0. The van der Waals surface area contributed by atoms with Crippen molar-refractivity contribution in [2.75, 3.05) is 0 Å². The van der Waals surface area contributed by atoms with Crippen LogP contribution in [0.15, 0.2) is 450 Å². The van der Waals surface area contributed by atoms with Crippen LogP contribution in [0.3, 0.4) is 0 Å². The molecule has 6 heterocycles. The van der Waals surface area contributed by atoms with Gasteiger partial charge in [0.05, 0.1) is 56.1 Å². The second-order valence-corrected chi connectivity index (χ2v) is 30.6. The minimum absolute atomic E-state index is 0.730. The Kier molecular flexibility index (Phi) is 18.8. The molecule has 0 saturated carbocycles. The average Bonchev–Trinajstić information content (AvgIpc) is 1.62. The van der Waals surface area contributed by atoms with Crippen molar-refractivity contribution in [2.45, 2.75) is 0 Å². The number of nitrogens with zero attached hydrogens (tertiary/aromatic N) is 6. The normalized spacial score (nSPS) is 11.4. The third-order valence-corrected chi connectivity index (χ3v) is 23.1. The van der Waals surface area contributed by atoms with Gasteiger partial charge in [-0.05, 0) is 117 Å². The summed E-state index contributed by atoms with van der Waals surface area (Å²) in [6.07, 6.45) is 0. The van der Waals surface area contributed by atoms with E-state index in [2.05, 4.69) is 297 Å². The van der Waals surface area contributed by atoms with Crippen LogP contribution in [0.25, 0.3) is 233 Å². The molecule has 0 aliphatic heterocycles. The first kappa shape index (κ1) is 72.8. The van der Waals surface area contributed by atoms with E-state index in [0.29, 0.717) is 0 Å². The van der Waals surface area contributed by atoms with E-state index in [1.807, 2.05) is 140 Å². The second-order valence-electron chi connectivity index (χ2n) is 30.6. The Morgan fingerprint density at radius 2 is 0.480 bits per heavy atom. The molecule has 0 fully saturated rings. The molecule has 576 valence electrons. The summed E-state index contributed by atoms with van der Waals surface area (Å²) in [4.78, 5) is 30.6. The molecule has 24 rings (SSSR count). The summed E-state index contributed by atoms with van der Waals surface area (Å²) in [7, 11) is 0. The summed E-state index contributed by atoms with van der Waals surface area (Å²) in [5.74, 6) is 0.730. The van der Waals surface area contributed by atoms with Crippen molar-refractivity contribution in [2.24, 2.45) is 0 Å². The van der Waals surface area contributed by atoms with E-state index < -0.39 is 0 Å². The third-order valence-electron chi connectivity index (χ3n) is 23.1. The van der Waals surface area contributed by atoms with E-state index >= 15 is 0 Å². The number of fused-ring (bicyclic) bond motifs is 12. The van der Waals surface area contributed by atoms with Crippen molar-refractivity contribution in [3.05, 3.63) is 437 Å². The fraction of sp³-hybridized carbons (Fsp3) is 0. The fourth-order valence-electron chi connectivity index (χ4n) is 17.0. The molecule has 9 heteroatoms. The van der Waals surface area contributed by atoms with Gasteiger partial charge in [-0.1, -0.05) is 370 Å². The summed E-state index contributed by atoms with van der Waals surface area (Å²) in [6, 6.07) is 151. The Morgan fingerprint density at radius 1 is 0.146 bits per heavy atom. The van der Waals surface area contributed by atoms with Crippen LogP contribution in [0.4, 0.5) is 0 Å². The van der Waals surface area contributed by atoms with E-state index in [4.69, 9.17) is 43.2 Å². The first-order valence-electron chi connectivity index (χ1n) is 41.3. The number of hydrogen-bond donors (Lipinski definition) is 0. The highest BCUT2D eigenvalue weighted by molar-refractivity contribution is 6.12. The van der Waals surface area contributed by atoms with Gasteiger partial charge in [-0.25, -0.2) is 29.9 Å². The molecular formula is C114H72N6O3. The highest BCUT2D eigenvalue weighted by Gasteiger charge is 2.22. The number of rotatable bonds is 12. The quantitative estimate of drug-likeness (QED) is 0.118. The van der Waals surface area contributed by atoms with Crippen LogP contribution in [0.1, 0.15) is 0 Å². The van der Waals surface area contributed by atoms with Crippen molar-refractivity contribution in [1.82, 2.24) is 29.9 Å². The molecule has 0 N–H and O–H groups in total. The van der Waals surface area contributed by atoms with E-state index in [9.17, 15) is 0 Å². The lowest BCUT2D eigenvalue weighted by Gasteiger charge is -2.13. The van der Waals surface area contributed by atoms with Gasteiger partial charge in [0.2, 0.25) is 0 Å². The molecule has 6 aromatic heterocycles. The first-order chi connectivity index (χ1) is 60.9. The second kappa shape index (κ2) is 31.7. The summed E-state index contributed by atoms with van der Waals surface area (Å²) in [5.41, 5.74) is 33.9. The Hall–Kier alpha value is -16.6. The SMILES string of the molecule is c1ccc(-c2cccc(-c3ccc(-c4nc5ccccc5nc4-c4ccc5c(c4)oc4ccccc45)cc3)c2)cc1.c1ccc(-c2nc(-c3ccccc3)c3cc(-c4ccc(-c5cccc6c5oc5ccccc56)cc4)ccc3n2)cc1.c1ccc(-c2nc3cccc(-c4ccc(-c5cccc6c5oc5ccccc56)cc4)c3nc2-c2ccccc2)cc1. The molecule has 9 nitrogen and oxygen atoms in total. The minimum atomic E-state index is 0.730. The average molecular weight is 1570 g/mol. The summed E-state index contributed by atoms with van der Waals surface area (Å²) in [5, 5.41) is 7.80. The van der Waals surface area contributed by atoms with Gasteiger partial charge in [-0.15, -0.1) is 0 Å². The lowest BCUT2D eigenvalue weighted by Crippen LogP contribution is -1.97. The van der Waals surface area contributed by atoms with E-state index in [0.717, 1.165) is 217 Å². The zero-order valence-electron chi connectivity index (χ0n) is 66.5. The summed E-state index contributed by atoms with van der Waals surface area (Å²) < 4.78 is 18.8. The van der Waals surface area contributed by atoms with Gasteiger partial charge in [0.25, 0.3) is 0 Å². The van der Waals surface area contributed by atoms with Crippen molar-refractivity contribution in [3.8, 4) is 134 Å². The van der Waals surface area contributed by atoms with Crippen LogP contribution in [0, 0.1) is 0 Å². The zero-order valence-corrected chi connectivity index (χ0v) is 66.5. The van der Waals surface area contributed by atoms with E-state index in [1.54, 1.807) is 0 Å². The van der Waals surface area contributed by atoms with Crippen LogP contribution in [0.5, 0.6) is 0 Å². The predicted octanol–water partition coefficient (Wildman–Crippen LogP) is 30.6. The number of para-hydroxylation sites is 8. The highest BCUT2D eigenvalue weighted by atomic mass is 16.3. The van der Waals surface area contributed by atoms with Gasteiger partial charge in [0.15, 0.2) is 5.82 Å². The van der Waals surface area contributed by atoms with Gasteiger partial charge in [-0.2, -0.15) is 0 Å². The maximum Gasteiger partial charge on any atom is 0.160 e. The van der Waals surface area contributed by atoms with Gasteiger partial charge in [0, 0.05) is 87.8 Å². The monoisotopic (exact) mass is 1570 g/mol. The molecule has 0 bridgehead atoms. The number of aromatic nitrogens is 6. The summed E-state index contributed by atoms with van der Waals surface area (Å²) >= 11 is 0.